The summed E-state index contributed by atoms with van der Waals surface area (Å²) >= 11 is 3.49. The molecule has 0 saturated heterocycles. The van der Waals surface area contributed by atoms with Crippen LogP contribution in [0.25, 0.3) is 0 Å². The molecule has 1 aromatic carbocycles. The van der Waals surface area contributed by atoms with Crippen molar-refractivity contribution in [1.29, 1.82) is 0 Å². The fraction of sp³-hybridized carbons (Fsp3) is 0.538. The number of nitrogens with zero attached hydrogens (tertiary/aromatic N) is 1. The Kier molecular flexibility index (Phi) is 3.94. The van der Waals surface area contributed by atoms with Gasteiger partial charge in [-0.3, -0.25) is 0 Å². The van der Waals surface area contributed by atoms with E-state index in [1.165, 1.54) is 5.69 Å². The zero-order valence-corrected chi connectivity index (χ0v) is 12.1. The second-order valence-corrected chi connectivity index (χ2v) is 5.43. The summed E-state index contributed by atoms with van der Waals surface area (Å²) in [5.74, 6) is 0.973. The third kappa shape index (κ3) is 2.58. The monoisotopic (exact) mass is 298 g/mol. The molecular formula is C13H19BrN2O. The molecule has 0 saturated carbocycles. The number of ether oxygens (including phenoxy) is 1. The van der Waals surface area contributed by atoms with Crippen molar-refractivity contribution in [2.75, 3.05) is 25.5 Å². The average Bonchev–Trinajstić information content (AvgIpc) is 2.31. The van der Waals surface area contributed by atoms with Gasteiger partial charge in [-0.25, -0.2) is 0 Å². The lowest BCUT2D eigenvalue weighted by molar-refractivity contribution is 0.151. The van der Waals surface area contributed by atoms with Crippen LogP contribution in [0.5, 0.6) is 5.75 Å². The number of hydrogen-bond acceptors (Lipinski definition) is 3. The van der Waals surface area contributed by atoms with Crippen LogP contribution in [0.4, 0.5) is 5.69 Å². The molecule has 1 aliphatic rings. The first-order chi connectivity index (χ1) is 8.13. The summed E-state index contributed by atoms with van der Waals surface area (Å²) in [5.41, 5.74) is 1.17. The van der Waals surface area contributed by atoms with Gasteiger partial charge >= 0.3 is 0 Å². The maximum absolute atomic E-state index is 6.09. The molecular weight excluding hydrogens is 280 g/mol. The van der Waals surface area contributed by atoms with E-state index < -0.39 is 0 Å². The third-order valence-corrected chi connectivity index (χ3v) is 3.90. The molecule has 0 fully saturated rings. The van der Waals surface area contributed by atoms with E-state index >= 15 is 0 Å². The van der Waals surface area contributed by atoms with Crippen LogP contribution in [0, 0.1) is 0 Å². The SMILES string of the molecule is CNCCC1Oc2cc(Br)ccc2N(C)C1C. The highest BCUT2D eigenvalue weighted by Gasteiger charge is 2.30. The lowest BCUT2D eigenvalue weighted by Gasteiger charge is -2.40. The van der Waals surface area contributed by atoms with Crippen LogP contribution in [0.1, 0.15) is 13.3 Å². The normalized spacial score (nSPS) is 23.2. The molecule has 0 aromatic heterocycles. The smallest absolute Gasteiger partial charge is 0.144 e. The fourth-order valence-electron chi connectivity index (χ4n) is 2.19. The second-order valence-electron chi connectivity index (χ2n) is 4.51. The summed E-state index contributed by atoms with van der Waals surface area (Å²) < 4.78 is 7.15. The summed E-state index contributed by atoms with van der Waals surface area (Å²) in [4.78, 5) is 2.30. The Morgan fingerprint density at radius 2 is 2.24 bits per heavy atom. The number of likely N-dealkylation sites (N-methyl/N-ethyl adjacent to an activating group) is 1. The molecule has 4 heteroatoms. The first-order valence-corrected chi connectivity index (χ1v) is 6.76. The quantitative estimate of drug-likeness (QED) is 0.928. The van der Waals surface area contributed by atoms with Crippen LogP contribution >= 0.6 is 15.9 Å². The Balaban J connectivity index is 2.23. The Hall–Kier alpha value is -0.740. The van der Waals surface area contributed by atoms with Crippen molar-refractivity contribution in [3.63, 3.8) is 0 Å². The van der Waals surface area contributed by atoms with Crippen molar-refractivity contribution in [2.45, 2.75) is 25.5 Å². The molecule has 1 aromatic rings. The number of anilines is 1. The average molecular weight is 299 g/mol. The number of rotatable bonds is 3. The van der Waals surface area contributed by atoms with Gasteiger partial charge < -0.3 is 15.0 Å². The number of hydrogen-bond donors (Lipinski definition) is 1. The Labute approximate surface area is 111 Å². The third-order valence-electron chi connectivity index (χ3n) is 3.41. The van der Waals surface area contributed by atoms with Gasteiger partial charge in [0.05, 0.1) is 11.7 Å². The largest absolute Gasteiger partial charge is 0.486 e. The highest BCUT2D eigenvalue weighted by molar-refractivity contribution is 9.10. The molecule has 2 unspecified atom stereocenters. The van der Waals surface area contributed by atoms with Crippen molar-refractivity contribution in [2.24, 2.45) is 0 Å². The van der Waals surface area contributed by atoms with Crippen LogP contribution in [0.2, 0.25) is 0 Å². The van der Waals surface area contributed by atoms with Gasteiger partial charge in [0.1, 0.15) is 11.9 Å². The highest BCUT2D eigenvalue weighted by atomic mass is 79.9. The van der Waals surface area contributed by atoms with E-state index in [4.69, 9.17) is 4.74 Å². The molecule has 1 aliphatic heterocycles. The number of benzene rings is 1. The maximum atomic E-state index is 6.09. The van der Waals surface area contributed by atoms with Crippen LogP contribution in [-0.4, -0.2) is 32.8 Å². The zero-order valence-electron chi connectivity index (χ0n) is 10.5. The summed E-state index contributed by atoms with van der Waals surface area (Å²) in [5, 5.41) is 3.18. The lowest BCUT2D eigenvalue weighted by Crippen LogP contribution is -2.46. The summed E-state index contributed by atoms with van der Waals surface area (Å²) in [7, 11) is 4.11. The minimum Gasteiger partial charge on any atom is -0.486 e. The van der Waals surface area contributed by atoms with Crippen molar-refractivity contribution in [3.8, 4) is 5.75 Å². The standard InChI is InChI=1S/C13H19BrN2O/c1-9-12(6-7-15-2)17-13-8-10(14)4-5-11(13)16(9)3/h4-5,8-9,12,15H,6-7H2,1-3H3. The van der Waals surface area contributed by atoms with Gasteiger partial charge in [-0.15, -0.1) is 0 Å². The first kappa shape index (κ1) is 12.7. The van der Waals surface area contributed by atoms with Gasteiger partial charge in [0.15, 0.2) is 0 Å². The predicted molar refractivity (Wildman–Crippen MR) is 75.0 cm³/mol. The zero-order chi connectivity index (χ0) is 12.4. The van der Waals surface area contributed by atoms with Gasteiger partial charge in [0.2, 0.25) is 0 Å². The Morgan fingerprint density at radius 3 is 2.94 bits per heavy atom. The van der Waals surface area contributed by atoms with E-state index in [-0.39, 0.29) is 6.10 Å². The topological polar surface area (TPSA) is 24.5 Å². The van der Waals surface area contributed by atoms with E-state index in [9.17, 15) is 0 Å². The van der Waals surface area contributed by atoms with Crippen LogP contribution in [0.3, 0.4) is 0 Å². The van der Waals surface area contributed by atoms with Gasteiger partial charge in [-0.05, 0) is 45.1 Å². The second kappa shape index (κ2) is 5.27. The fourth-order valence-corrected chi connectivity index (χ4v) is 2.53. The highest BCUT2D eigenvalue weighted by Crippen LogP contribution is 2.37. The van der Waals surface area contributed by atoms with Gasteiger partial charge in [0.25, 0.3) is 0 Å². The molecule has 0 radical (unpaired) electrons. The van der Waals surface area contributed by atoms with Gasteiger partial charge in [-0.1, -0.05) is 15.9 Å². The van der Waals surface area contributed by atoms with E-state index in [0.717, 1.165) is 23.2 Å². The molecule has 94 valence electrons. The Morgan fingerprint density at radius 1 is 1.47 bits per heavy atom. The van der Waals surface area contributed by atoms with Crippen LogP contribution in [0.15, 0.2) is 22.7 Å². The summed E-state index contributed by atoms with van der Waals surface area (Å²) in [6.45, 7) is 3.19. The van der Waals surface area contributed by atoms with Crippen molar-refractivity contribution in [3.05, 3.63) is 22.7 Å². The molecule has 0 spiro atoms. The molecule has 1 N–H and O–H groups in total. The number of fused-ring (bicyclic) bond motifs is 1. The minimum atomic E-state index is 0.245. The predicted octanol–water partition coefficient (Wildman–Crippen LogP) is 2.64. The van der Waals surface area contributed by atoms with E-state index in [1.54, 1.807) is 0 Å². The Bertz CT molecular complexity index is 397. The molecule has 0 amide bonds. The molecule has 3 nitrogen and oxygen atoms in total. The van der Waals surface area contributed by atoms with E-state index in [2.05, 4.69) is 52.3 Å². The van der Waals surface area contributed by atoms with Crippen molar-refractivity contribution >= 4 is 21.6 Å². The summed E-state index contributed by atoms with van der Waals surface area (Å²) in [6, 6.07) is 6.60. The maximum Gasteiger partial charge on any atom is 0.144 e. The molecule has 0 aliphatic carbocycles. The first-order valence-electron chi connectivity index (χ1n) is 5.97. The van der Waals surface area contributed by atoms with Gasteiger partial charge in [-0.2, -0.15) is 0 Å². The van der Waals surface area contributed by atoms with Crippen molar-refractivity contribution < 1.29 is 4.74 Å². The van der Waals surface area contributed by atoms with E-state index in [0.29, 0.717) is 6.04 Å². The molecule has 2 rings (SSSR count). The van der Waals surface area contributed by atoms with E-state index in [1.807, 2.05) is 13.1 Å². The minimum absolute atomic E-state index is 0.245. The molecule has 0 bridgehead atoms. The summed E-state index contributed by atoms with van der Waals surface area (Å²) in [6.07, 6.45) is 1.27. The van der Waals surface area contributed by atoms with Gasteiger partial charge in [0, 0.05) is 11.5 Å². The van der Waals surface area contributed by atoms with Crippen molar-refractivity contribution in [1.82, 2.24) is 5.32 Å². The van der Waals surface area contributed by atoms with Crippen LogP contribution < -0.4 is 15.0 Å². The molecule has 2 atom stereocenters. The molecule has 1 heterocycles. The lowest BCUT2D eigenvalue weighted by atomic mass is 10.0. The molecule has 17 heavy (non-hydrogen) atoms. The number of halogens is 1. The number of nitrogens with one attached hydrogen (secondary N) is 1. The van der Waals surface area contributed by atoms with Crippen LogP contribution in [-0.2, 0) is 0 Å².